The monoisotopic (exact) mass is 486 g/mol. The molecule has 0 spiro atoms. The van der Waals surface area contributed by atoms with E-state index >= 15 is 0 Å². The molecular weight excluding hydrogens is 452 g/mol. The molecule has 2 aromatic carbocycles. The number of ketones is 1. The van der Waals surface area contributed by atoms with Crippen molar-refractivity contribution in [1.29, 1.82) is 0 Å². The van der Waals surface area contributed by atoms with Gasteiger partial charge in [0.05, 0.1) is 12.0 Å². The summed E-state index contributed by atoms with van der Waals surface area (Å²) in [7, 11) is 0. The molecule has 0 radical (unpaired) electrons. The van der Waals surface area contributed by atoms with Crippen molar-refractivity contribution in [3.05, 3.63) is 70.3 Å². The minimum Gasteiger partial charge on any atom is -0.393 e. The van der Waals surface area contributed by atoms with Crippen molar-refractivity contribution >= 4 is 17.6 Å². The molecule has 3 aliphatic carbocycles. The maximum atomic E-state index is 13.4. The average molecular weight is 487 g/mol. The van der Waals surface area contributed by atoms with Gasteiger partial charge in [-0.3, -0.25) is 14.4 Å². The molecule has 36 heavy (non-hydrogen) atoms. The molecule has 6 heteroatoms. The summed E-state index contributed by atoms with van der Waals surface area (Å²) in [5.41, 5.74) is 4.63. The van der Waals surface area contributed by atoms with Crippen LogP contribution in [0.4, 0.5) is 0 Å². The lowest BCUT2D eigenvalue weighted by molar-refractivity contribution is -0.135. The molecule has 5 unspecified atom stereocenters. The van der Waals surface area contributed by atoms with E-state index in [2.05, 4.69) is 5.32 Å². The molecule has 4 aliphatic rings. The number of carbonyl (C=O) groups is 3. The number of nitrogens with zero attached hydrogens (tertiary/aromatic N) is 1. The van der Waals surface area contributed by atoms with Crippen LogP contribution in [0.5, 0.6) is 0 Å². The summed E-state index contributed by atoms with van der Waals surface area (Å²) in [6.07, 6.45) is 6.11. The lowest BCUT2D eigenvalue weighted by Gasteiger charge is -2.44. The summed E-state index contributed by atoms with van der Waals surface area (Å²) in [5.74, 6) is 0.799. The quantitative estimate of drug-likeness (QED) is 0.693. The fourth-order valence-corrected chi connectivity index (χ4v) is 6.99. The number of nitrogens with one attached hydrogen (secondary N) is 1. The van der Waals surface area contributed by atoms with E-state index in [0.29, 0.717) is 35.8 Å². The van der Waals surface area contributed by atoms with E-state index in [9.17, 15) is 19.5 Å². The smallest absolute Gasteiger partial charge is 0.251 e. The highest BCUT2D eigenvalue weighted by Crippen LogP contribution is 2.39. The van der Waals surface area contributed by atoms with Gasteiger partial charge in [-0.15, -0.1) is 0 Å². The Bertz CT molecular complexity index is 1210. The first-order valence-electron chi connectivity index (χ1n) is 13.5. The summed E-state index contributed by atoms with van der Waals surface area (Å²) in [4.78, 5) is 40.7. The molecule has 1 aliphatic heterocycles. The second-order valence-electron chi connectivity index (χ2n) is 11.2. The van der Waals surface area contributed by atoms with Crippen LogP contribution in [0.2, 0.25) is 0 Å². The van der Waals surface area contributed by atoms with Crippen molar-refractivity contribution in [3.63, 3.8) is 0 Å². The first-order valence-corrected chi connectivity index (χ1v) is 13.5. The van der Waals surface area contributed by atoms with Gasteiger partial charge in [-0.25, -0.2) is 0 Å². The van der Waals surface area contributed by atoms with Crippen LogP contribution >= 0.6 is 0 Å². The molecule has 1 heterocycles. The van der Waals surface area contributed by atoms with Crippen molar-refractivity contribution in [2.24, 2.45) is 11.8 Å². The fourth-order valence-electron chi connectivity index (χ4n) is 6.99. The summed E-state index contributed by atoms with van der Waals surface area (Å²) in [6.45, 7) is 1.48. The second-order valence-corrected chi connectivity index (χ2v) is 11.2. The van der Waals surface area contributed by atoms with E-state index < -0.39 is 0 Å². The first kappa shape index (κ1) is 23.4. The van der Waals surface area contributed by atoms with Gasteiger partial charge in [0.2, 0.25) is 5.91 Å². The highest BCUT2D eigenvalue weighted by molar-refractivity contribution is 6.06. The molecule has 0 aromatic heterocycles. The summed E-state index contributed by atoms with van der Waals surface area (Å²) >= 11 is 0. The largest absolute Gasteiger partial charge is 0.393 e. The Balaban J connectivity index is 1.05. The van der Waals surface area contributed by atoms with Crippen LogP contribution in [0.3, 0.4) is 0 Å². The third kappa shape index (κ3) is 4.36. The molecule has 6 rings (SSSR count). The summed E-state index contributed by atoms with van der Waals surface area (Å²) in [5, 5.41) is 13.2. The van der Waals surface area contributed by atoms with Crippen molar-refractivity contribution < 1.29 is 19.5 Å². The highest BCUT2D eigenvalue weighted by atomic mass is 16.3. The van der Waals surface area contributed by atoms with Crippen LogP contribution in [0.15, 0.2) is 42.5 Å². The lowest BCUT2D eigenvalue weighted by atomic mass is 9.73. The van der Waals surface area contributed by atoms with Crippen LogP contribution in [-0.2, 0) is 17.6 Å². The molecule has 2 fully saturated rings. The van der Waals surface area contributed by atoms with Gasteiger partial charge in [-0.1, -0.05) is 30.3 Å². The van der Waals surface area contributed by atoms with Crippen molar-refractivity contribution in [3.8, 4) is 0 Å². The molecule has 0 bridgehead atoms. The molecule has 5 atom stereocenters. The van der Waals surface area contributed by atoms with Gasteiger partial charge < -0.3 is 15.3 Å². The van der Waals surface area contributed by atoms with E-state index in [-0.39, 0.29) is 35.7 Å². The number of carbonyl (C=O) groups excluding carboxylic acids is 3. The Labute approximate surface area is 212 Å². The zero-order chi connectivity index (χ0) is 24.8. The number of hydrogen-bond donors (Lipinski definition) is 2. The Hall–Kier alpha value is -2.99. The molecule has 1 saturated carbocycles. The first-order chi connectivity index (χ1) is 17.5. The minimum atomic E-state index is -0.333. The van der Waals surface area contributed by atoms with Crippen molar-refractivity contribution in [2.75, 3.05) is 13.1 Å². The van der Waals surface area contributed by atoms with Crippen LogP contribution in [0, 0.1) is 11.8 Å². The Morgan fingerprint density at radius 2 is 1.81 bits per heavy atom. The minimum absolute atomic E-state index is 0.00967. The average Bonchev–Trinajstić information content (AvgIpc) is 3.24. The lowest BCUT2D eigenvalue weighted by Crippen LogP contribution is -2.50. The molecular formula is C30H34N2O4. The molecule has 2 aromatic rings. The van der Waals surface area contributed by atoms with Crippen LogP contribution in [0.1, 0.15) is 81.8 Å². The number of benzene rings is 2. The van der Waals surface area contributed by atoms with Gasteiger partial charge in [-0.2, -0.15) is 0 Å². The van der Waals surface area contributed by atoms with Crippen LogP contribution in [0.25, 0.3) is 0 Å². The van der Waals surface area contributed by atoms with E-state index in [1.54, 1.807) is 0 Å². The maximum absolute atomic E-state index is 13.4. The fraction of sp³-hybridized carbons (Fsp3) is 0.500. The number of Topliss-reactive ketones (excluding diaryl/α,β-unsaturated/α-hetero) is 1. The molecule has 188 valence electrons. The Kier molecular flexibility index (Phi) is 6.16. The standard InChI is InChI=1S/C30H34N2O4/c33-24-10-8-18-13-21(6-5-19(18)15-24)29(35)31-23-9-7-22-17-32(12-11-20(22)14-23)30(36)27-16-28(34)26-4-2-1-3-25(26)27/h1-6,13,20,22-24,27,33H,7-12,14-17H2,(H,31,35). The predicted molar refractivity (Wildman–Crippen MR) is 136 cm³/mol. The van der Waals surface area contributed by atoms with Crippen molar-refractivity contribution in [2.45, 2.75) is 69.4 Å². The second kappa shape index (κ2) is 9.47. The van der Waals surface area contributed by atoms with Crippen molar-refractivity contribution in [1.82, 2.24) is 10.2 Å². The Morgan fingerprint density at radius 1 is 0.944 bits per heavy atom. The number of amides is 2. The van der Waals surface area contributed by atoms with E-state index in [0.717, 1.165) is 62.7 Å². The van der Waals surface area contributed by atoms with Gasteiger partial charge in [0.25, 0.3) is 5.91 Å². The number of aryl methyl sites for hydroxylation is 1. The number of hydrogen-bond acceptors (Lipinski definition) is 4. The zero-order valence-corrected chi connectivity index (χ0v) is 20.6. The molecule has 6 nitrogen and oxygen atoms in total. The van der Waals surface area contributed by atoms with Gasteiger partial charge in [-0.05, 0) is 85.6 Å². The van der Waals surface area contributed by atoms with E-state index in [1.165, 1.54) is 5.56 Å². The topological polar surface area (TPSA) is 86.7 Å². The SMILES string of the molecule is O=C(NC1CCC2CN(C(=O)C3CC(=O)c4ccccc43)CCC2C1)c1ccc2c(c1)CCC(O)C2. The predicted octanol–water partition coefficient (Wildman–Crippen LogP) is 3.65. The number of aliphatic hydroxyl groups excluding tert-OH is 1. The van der Waals surface area contributed by atoms with Gasteiger partial charge in [0, 0.05) is 36.7 Å². The number of rotatable bonds is 3. The summed E-state index contributed by atoms with van der Waals surface area (Å²) < 4.78 is 0. The number of fused-ring (bicyclic) bond motifs is 3. The number of aliphatic hydroxyl groups is 1. The van der Waals surface area contributed by atoms with Crippen LogP contribution in [-0.4, -0.2) is 52.8 Å². The maximum Gasteiger partial charge on any atom is 0.251 e. The van der Waals surface area contributed by atoms with Gasteiger partial charge in [0.1, 0.15) is 0 Å². The number of likely N-dealkylation sites (tertiary alicyclic amines) is 1. The number of piperidine rings is 1. The Morgan fingerprint density at radius 3 is 2.69 bits per heavy atom. The van der Waals surface area contributed by atoms with Crippen LogP contribution < -0.4 is 5.32 Å². The van der Waals surface area contributed by atoms with E-state index in [4.69, 9.17) is 0 Å². The third-order valence-electron chi connectivity index (χ3n) is 9.01. The summed E-state index contributed by atoms with van der Waals surface area (Å²) in [6, 6.07) is 13.6. The van der Waals surface area contributed by atoms with Gasteiger partial charge in [0.15, 0.2) is 5.78 Å². The molecule has 2 N–H and O–H groups in total. The zero-order valence-electron chi connectivity index (χ0n) is 20.6. The van der Waals surface area contributed by atoms with Gasteiger partial charge >= 0.3 is 0 Å². The third-order valence-corrected chi connectivity index (χ3v) is 9.01. The highest BCUT2D eigenvalue weighted by Gasteiger charge is 2.41. The molecule has 1 saturated heterocycles. The normalized spacial score (nSPS) is 29.2. The molecule has 2 amide bonds. The van der Waals surface area contributed by atoms with E-state index in [1.807, 2.05) is 47.4 Å².